The van der Waals surface area contributed by atoms with Crippen LogP contribution in [-0.4, -0.2) is 38.4 Å². The minimum Gasteiger partial charge on any atom is -0.354 e. The van der Waals surface area contributed by atoms with Gasteiger partial charge in [-0.25, -0.2) is 9.97 Å². The minimum absolute atomic E-state index is 0.0293. The Hall–Kier alpha value is -2.57. The zero-order valence-electron chi connectivity index (χ0n) is 14.7. The molecule has 0 saturated carbocycles. The molecule has 1 atom stereocenters. The van der Waals surface area contributed by atoms with Crippen molar-refractivity contribution in [1.82, 2.24) is 20.3 Å². The van der Waals surface area contributed by atoms with Crippen LogP contribution in [0.25, 0.3) is 11.2 Å². The summed E-state index contributed by atoms with van der Waals surface area (Å²) in [6.45, 7) is 8.82. The van der Waals surface area contributed by atoms with Crippen LogP contribution in [0.5, 0.6) is 0 Å². The number of carbonyl (C=O) groups is 2. The van der Waals surface area contributed by atoms with Crippen LogP contribution in [0.15, 0.2) is 12.4 Å². The second kappa shape index (κ2) is 6.51. The number of fused-ring (bicyclic) bond motifs is 1. The number of nitrogens with one attached hydrogen (secondary N) is 3. The normalized spacial score (nSPS) is 12.9. The lowest BCUT2D eigenvalue weighted by atomic mass is 9.87. The number of H-pyrrole nitrogens is 1. The molecular weight excluding hydrogens is 306 g/mol. The van der Waals surface area contributed by atoms with E-state index >= 15 is 0 Å². The Morgan fingerprint density at radius 2 is 2.04 bits per heavy atom. The van der Waals surface area contributed by atoms with E-state index in [0.29, 0.717) is 28.8 Å². The van der Waals surface area contributed by atoms with Crippen LogP contribution in [-0.2, 0) is 4.79 Å². The van der Waals surface area contributed by atoms with E-state index in [9.17, 15) is 9.59 Å². The third kappa shape index (κ3) is 3.84. The Kier molecular flexibility index (Phi) is 4.82. The number of aromatic amines is 1. The summed E-state index contributed by atoms with van der Waals surface area (Å²) in [5, 5.41) is 10.9. The zero-order chi connectivity index (χ0) is 18.1. The van der Waals surface area contributed by atoms with Crippen molar-refractivity contribution in [3.8, 4) is 0 Å². The first-order valence-corrected chi connectivity index (χ1v) is 7.83. The van der Waals surface area contributed by atoms with Crippen molar-refractivity contribution in [1.29, 1.82) is 5.41 Å². The van der Waals surface area contributed by atoms with E-state index in [1.54, 1.807) is 6.20 Å². The molecule has 0 aromatic carbocycles. The molecule has 2 aromatic heterocycles. The average Bonchev–Trinajstić information content (AvgIpc) is 2.87. The number of aromatic nitrogens is 3. The number of ketones is 1. The molecule has 0 bridgehead atoms. The summed E-state index contributed by atoms with van der Waals surface area (Å²) in [7, 11) is 0. The molecule has 0 radical (unpaired) electrons. The zero-order valence-corrected chi connectivity index (χ0v) is 14.7. The van der Waals surface area contributed by atoms with Gasteiger partial charge in [0.1, 0.15) is 11.2 Å². The fourth-order valence-corrected chi connectivity index (χ4v) is 2.42. The van der Waals surface area contributed by atoms with Crippen LogP contribution in [0.3, 0.4) is 0 Å². The van der Waals surface area contributed by atoms with E-state index in [0.717, 1.165) is 0 Å². The summed E-state index contributed by atoms with van der Waals surface area (Å²) in [4.78, 5) is 35.3. The monoisotopic (exact) mass is 329 g/mol. The Labute approximate surface area is 140 Å². The molecule has 1 unspecified atom stereocenters. The smallest absolute Gasteiger partial charge is 0.217 e. The predicted molar refractivity (Wildman–Crippen MR) is 92.4 cm³/mol. The highest BCUT2D eigenvalue weighted by atomic mass is 16.1. The molecule has 0 fully saturated rings. The quantitative estimate of drug-likeness (QED) is 0.578. The lowest BCUT2D eigenvalue weighted by Crippen LogP contribution is -2.32. The summed E-state index contributed by atoms with van der Waals surface area (Å²) in [6.07, 6.45) is 3.46. The molecule has 0 aliphatic heterocycles. The summed E-state index contributed by atoms with van der Waals surface area (Å²) in [5.74, 6) is -0.168. The molecule has 3 N–H and O–H groups in total. The molecule has 2 rings (SSSR count). The van der Waals surface area contributed by atoms with Crippen molar-refractivity contribution in [2.45, 2.75) is 47.1 Å². The van der Waals surface area contributed by atoms with Gasteiger partial charge in [0.15, 0.2) is 11.4 Å². The van der Waals surface area contributed by atoms with Gasteiger partial charge in [-0.3, -0.25) is 9.59 Å². The van der Waals surface area contributed by atoms with Crippen LogP contribution < -0.4 is 5.32 Å². The van der Waals surface area contributed by atoms with Gasteiger partial charge >= 0.3 is 0 Å². The van der Waals surface area contributed by atoms with Gasteiger partial charge in [-0.2, -0.15) is 0 Å². The largest absolute Gasteiger partial charge is 0.354 e. The van der Waals surface area contributed by atoms with E-state index in [1.807, 2.05) is 27.7 Å². The standard InChI is InChI=1S/C17H23N5O2/c1-9(21-10(2)23)6-12(18)13-8-20-16-14(22-13)11(7-19-16)15(24)17(3,4)5/h7-9,18H,6H2,1-5H3,(H,19,20)(H,21,23). The summed E-state index contributed by atoms with van der Waals surface area (Å²) in [6, 6.07) is -0.172. The molecule has 128 valence electrons. The first-order valence-electron chi connectivity index (χ1n) is 7.83. The second-order valence-electron chi connectivity index (χ2n) is 7.02. The number of carbonyl (C=O) groups excluding carboxylic acids is 2. The lowest BCUT2D eigenvalue weighted by molar-refractivity contribution is -0.119. The van der Waals surface area contributed by atoms with E-state index in [2.05, 4.69) is 20.3 Å². The number of hydrogen-bond donors (Lipinski definition) is 3. The lowest BCUT2D eigenvalue weighted by Gasteiger charge is -2.15. The van der Waals surface area contributed by atoms with Crippen molar-refractivity contribution >= 4 is 28.6 Å². The first-order chi connectivity index (χ1) is 11.1. The molecular formula is C17H23N5O2. The second-order valence-corrected chi connectivity index (χ2v) is 7.02. The van der Waals surface area contributed by atoms with Gasteiger partial charge in [0.05, 0.1) is 17.5 Å². The fourth-order valence-electron chi connectivity index (χ4n) is 2.42. The minimum atomic E-state index is -0.528. The van der Waals surface area contributed by atoms with E-state index in [1.165, 1.54) is 13.1 Å². The topological polar surface area (TPSA) is 112 Å². The Morgan fingerprint density at radius 3 is 2.62 bits per heavy atom. The molecule has 2 heterocycles. The molecule has 0 aliphatic rings. The van der Waals surface area contributed by atoms with Gasteiger partial charge in [-0.05, 0) is 6.92 Å². The highest BCUT2D eigenvalue weighted by Gasteiger charge is 2.26. The molecule has 0 aliphatic carbocycles. The maximum atomic E-state index is 12.5. The molecule has 24 heavy (non-hydrogen) atoms. The van der Waals surface area contributed by atoms with Crippen molar-refractivity contribution in [2.75, 3.05) is 0 Å². The molecule has 0 saturated heterocycles. The SMILES string of the molecule is CC(=O)NC(C)CC(=N)c1cnc2[nH]cc(C(=O)C(C)(C)C)c2n1. The van der Waals surface area contributed by atoms with Crippen LogP contribution in [0, 0.1) is 10.8 Å². The third-order valence-corrected chi connectivity index (χ3v) is 3.58. The van der Waals surface area contributed by atoms with Crippen LogP contribution in [0.1, 0.15) is 57.1 Å². The maximum absolute atomic E-state index is 12.5. The molecule has 7 heteroatoms. The Balaban J connectivity index is 2.32. The highest BCUT2D eigenvalue weighted by molar-refractivity contribution is 6.09. The van der Waals surface area contributed by atoms with E-state index in [-0.39, 0.29) is 23.4 Å². The third-order valence-electron chi connectivity index (χ3n) is 3.58. The van der Waals surface area contributed by atoms with Gasteiger partial charge in [0.25, 0.3) is 0 Å². The van der Waals surface area contributed by atoms with Gasteiger partial charge in [-0.15, -0.1) is 0 Å². The van der Waals surface area contributed by atoms with Gasteiger partial charge < -0.3 is 15.7 Å². The molecule has 2 aromatic rings. The van der Waals surface area contributed by atoms with Gasteiger partial charge in [-0.1, -0.05) is 20.8 Å². The van der Waals surface area contributed by atoms with Crippen molar-refractivity contribution < 1.29 is 9.59 Å². The number of rotatable bonds is 5. The van der Waals surface area contributed by atoms with Gasteiger partial charge in [0, 0.05) is 31.0 Å². The number of nitrogens with zero attached hydrogens (tertiary/aromatic N) is 2. The van der Waals surface area contributed by atoms with Gasteiger partial charge in [0.2, 0.25) is 5.91 Å². The number of amides is 1. The summed E-state index contributed by atoms with van der Waals surface area (Å²) >= 11 is 0. The molecule has 0 spiro atoms. The van der Waals surface area contributed by atoms with E-state index < -0.39 is 5.41 Å². The van der Waals surface area contributed by atoms with Crippen LogP contribution in [0.4, 0.5) is 0 Å². The average molecular weight is 329 g/mol. The van der Waals surface area contributed by atoms with E-state index in [4.69, 9.17) is 5.41 Å². The summed E-state index contributed by atoms with van der Waals surface area (Å²) < 4.78 is 0. The fraction of sp³-hybridized carbons (Fsp3) is 0.471. The predicted octanol–water partition coefficient (Wildman–Crippen LogP) is 2.47. The Morgan fingerprint density at radius 1 is 1.38 bits per heavy atom. The van der Waals surface area contributed by atoms with Crippen molar-refractivity contribution in [3.05, 3.63) is 23.7 Å². The van der Waals surface area contributed by atoms with Crippen LogP contribution in [0.2, 0.25) is 0 Å². The van der Waals surface area contributed by atoms with Crippen molar-refractivity contribution in [3.63, 3.8) is 0 Å². The summed E-state index contributed by atoms with van der Waals surface area (Å²) in [5.41, 5.74) is 1.62. The highest BCUT2D eigenvalue weighted by Crippen LogP contribution is 2.25. The van der Waals surface area contributed by atoms with Crippen LogP contribution >= 0.6 is 0 Å². The number of hydrogen-bond acceptors (Lipinski definition) is 5. The molecule has 7 nitrogen and oxygen atoms in total. The Bertz CT molecular complexity index is 801. The number of Topliss-reactive ketones (excluding diaryl/α,β-unsaturated/α-hetero) is 1. The molecule has 1 amide bonds. The first kappa shape index (κ1) is 17.8. The maximum Gasteiger partial charge on any atom is 0.217 e. The van der Waals surface area contributed by atoms with Crippen molar-refractivity contribution in [2.24, 2.45) is 5.41 Å².